The molecule has 0 saturated heterocycles. The molecule has 3 aromatic carbocycles. The Hall–Kier alpha value is -4.06. The minimum Gasteiger partial charge on any atom is -0.479 e. The van der Waals surface area contributed by atoms with Crippen LogP contribution >= 0.6 is 0 Å². The molecule has 1 amide bonds. The lowest BCUT2D eigenvalue weighted by Gasteiger charge is -2.22. The number of aliphatic carboxylic acids is 1. The van der Waals surface area contributed by atoms with Crippen molar-refractivity contribution in [2.75, 3.05) is 19.7 Å². The summed E-state index contributed by atoms with van der Waals surface area (Å²) in [7, 11) is 0. The first-order valence-electron chi connectivity index (χ1n) is 11.7. The summed E-state index contributed by atoms with van der Waals surface area (Å²) in [4.78, 5) is 25.5. The Morgan fingerprint density at radius 3 is 1.97 bits per heavy atom. The Morgan fingerprint density at radius 1 is 0.886 bits per heavy atom. The smallest absolute Gasteiger partial charge is 0.341 e. The van der Waals surface area contributed by atoms with Gasteiger partial charge in [-0.2, -0.15) is 0 Å². The predicted octanol–water partition coefficient (Wildman–Crippen LogP) is 5.59. The highest BCUT2D eigenvalue weighted by molar-refractivity contribution is 5.95. The first kappa shape index (κ1) is 25.6. The van der Waals surface area contributed by atoms with Crippen LogP contribution in [-0.2, 0) is 9.59 Å². The molecule has 0 heterocycles. The number of carboxylic acid groups (broad SMARTS) is 1. The molecule has 0 aromatic heterocycles. The summed E-state index contributed by atoms with van der Waals surface area (Å²) in [6, 6.07) is 24.9. The van der Waals surface area contributed by atoms with Crippen LogP contribution in [0.3, 0.4) is 0 Å². The molecule has 0 saturated carbocycles. The standard InChI is InChI=1S/C29H31NO5/c1-4-30(5-2)27(31)18-21(3)24-16-17-25(26(19-24)34-20-28(32)33)35-29(22-12-8-6-9-13-22)23-14-10-7-11-15-23/h6-19,29H,4-5,20H2,1-3H3,(H,32,33)/b21-18-. The molecule has 0 spiro atoms. The fraction of sp³-hybridized carbons (Fsp3) is 0.241. The molecule has 6 nitrogen and oxygen atoms in total. The maximum atomic E-state index is 12.5. The first-order chi connectivity index (χ1) is 16.9. The van der Waals surface area contributed by atoms with Crippen LogP contribution in [0.2, 0.25) is 0 Å². The third-order valence-corrected chi connectivity index (χ3v) is 5.61. The molecule has 0 fully saturated rings. The summed E-state index contributed by atoms with van der Waals surface area (Å²) in [5.74, 6) is -0.456. The number of amides is 1. The van der Waals surface area contributed by atoms with Crippen LogP contribution in [-0.4, -0.2) is 41.6 Å². The number of likely N-dealkylation sites (N-methyl/N-ethyl adjacent to an activating group) is 1. The maximum Gasteiger partial charge on any atom is 0.341 e. The lowest BCUT2D eigenvalue weighted by atomic mass is 10.0. The van der Waals surface area contributed by atoms with Crippen molar-refractivity contribution in [3.63, 3.8) is 0 Å². The van der Waals surface area contributed by atoms with Crippen molar-refractivity contribution in [1.82, 2.24) is 4.90 Å². The Kier molecular flexibility index (Phi) is 9.07. The molecule has 182 valence electrons. The third-order valence-electron chi connectivity index (χ3n) is 5.61. The fourth-order valence-corrected chi connectivity index (χ4v) is 3.71. The largest absolute Gasteiger partial charge is 0.479 e. The van der Waals surface area contributed by atoms with Crippen LogP contribution in [0.5, 0.6) is 11.5 Å². The first-order valence-corrected chi connectivity index (χ1v) is 11.7. The summed E-state index contributed by atoms with van der Waals surface area (Å²) in [5.41, 5.74) is 3.39. The van der Waals surface area contributed by atoms with Gasteiger partial charge in [0.2, 0.25) is 5.91 Å². The van der Waals surface area contributed by atoms with E-state index in [1.54, 1.807) is 23.1 Å². The molecule has 3 aromatic rings. The number of carbonyl (C=O) groups excluding carboxylic acids is 1. The molecule has 0 aliphatic heterocycles. The molecule has 35 heavy (non-hydrogen) atoms. The molecular formula is C29H31NO5. The normalized spacial score (nSPS) is 11.3. The van der Waals surface area contributed by atoms with E-state index in [0.29, 0.717) is 24.6 Å². The molecular weight excluding hydrogens is 442 g/mol. The average Bonchev–Trinajstić information content (AvgIpc) is 2.88. The number of ether oxygens (including phenoxy) is 2. The van der Waals surface area contributed by atoms with E-state index >= 15 is 0 Å². The Labute approximate surface area is 206 Å². The van der Waals surface area contributed by atoms with Gasteiger partial charge in [0.05, 0.1) is 0 Å². The molecule has 6 heteroatoms. The third kappa shape index (κ3) is 6.96. The minimum absolute atomic E-state index is 0.0750. The summed E-state index contributed by atoms with van der Waals surface area (Å²) < 4.78 is 12.0. The number of rotatable bonds is 11. The van der Waals surface area contributed by atoms with Gasteiger partial charge in [-0.15, -0.1) is 0 Å². The molecule has 0 unspecified atom stereocenters. The van der Waals surface area contributed by atoms with E-state index in [-0.39, 0.29) is 5.91 Å². The number of benzene rings is 3. The second-order valence-corrected chi connectivity index (χ2v) is 8.00. The second kappa shape index (κ2) is 12.4. The van der Waals surface area contributed by atoms with Crippen molar-refractivity contribution >= 4 is 17.4 Å². The van der Waals surface area contributed by atoms with Crippen LogP contribution in [0, 0.1) is 0 Å². The van der Waals surface area contributed by atoms with Gasteiger partial charge in [-0.1, -0.05) is 66.7 Å². The van der Waals surface area contributed by atoms with Crippen molar-refractivity contribution < 1.29 is 24.2 Å². The quantitative estimate of drug-likeness (QED) is 0.368. The van der Waals surface area contributed by atoms with Gasteiger partial charge >= 0.3 is 5.97 Å². The molecule has 1 N–H and O–H groups in total. The Morgan fingerprint density at radius 2 is 1.46 bits per heavy atom. The lowest BCUT2D eigenvalue weighted by molar-refractivity contribution is -0.139. The fourth-order valence-electron chi connectivity index (χ4n) is 3.71. The van der Waals surface area contributed by atoms with Gasteiger partial charge < -0.3 is 19.5 Å². The summed E-state index contributed by atoms with van der Waals surface area (Å²) >= 11 is 0. The van der Waals surface area contributed by atoms with Crippen LogP contribution in [0.1, 0.15) is 43.6 Å². The predicted molar refractivity (Wildman–Crippen MR) is 137 cm³/mol. The number of hydrogen-bond donors (Lipinski definition) is 1. The zero-order valence-electron chi connectivity index (χ0n) is 20.3. The number of carbonyl (C=O) groups is 2. The molecule has 0 aliphatic carbocycles. The van der Waals surface area contributed by atoms with E-state index in [2.05, 4.69) is 0 Å². The maximum absolute atomic E-state index is 12.5. The lowest BCUT2D eigenvalue weighted by Crippen LogP contribution is -2.28. The van der Waals surface area contributed by atoms with E-state index < -0.39 is 18.7 Å². The summed E-state index contributed by atoms with van der Waals surface area (Å²) in [6.07, 6.45) is 1.16. The van der Waals surface area contributed by atoms with Gasteiger partial charge in [0, 0.05) is 19.2 Å². The molecule has 0 aliphatic rings. The molecule has 0 bridgehead atoms. The van der Waals surface area contributed by atoms with E-state index in [1.165, 1.54) is 0 Å². The van der Waals surface area contributed by atoms with Gasteiger partial charge in [-0.05, 0) is 55.2 Å². The highest BCUT2D eigenvalue weighted by Gasteiger charge is 2.19. The second-order valence-electron chi connectivity index (χ2n) is 8.00. The van der Waals surface area contributed by atoms with Crippen molar-refractivity contribution in [3.8, 4) is 11.5 Å². The van der Waals surface area contributed by atoms with Crippen LogP contribution in [0.4, 0.5) is 0 Å². The van der Waals surface area contributed by atoms with Gasteiger partial charge in [0.15, 0.2) is 18.1 Å². The SMILES string of the molecule is CCN(CC)C(=O)/C=C(/C)c1ccc(OC(c2ccccc2)c2ccccc2)c(OCC(=O)O)c1. The summed E-state index contributed by atoms with van der Waals surface area (Å²) in [6.45, 7) is 6.45. The van der Waals surface area contributed by atoms with Gasteiger partial charge in [0.25, 0.3) is 0 Å². The molecule has 0 atom stereocenters. The van der Waals surface area contributed by atoms with E-state index in [4.69, 9.17) is 9.47 Å². The van der Waals surface area contributed by atoms with Gasteiger partial charge in [0.1, 0.15) is 6.10 Å². The zero-order valence-corrected chi connectivity index (χ0v) is 20.3. The van der Waals surface area contributed by atoms with E-state index in [9.17, 15) is 14.7 Å². The number of carboxylic acids is 1. The Balaban J connectivity index is 1.98. The van der Waals surface area contributed by atoms with Crippen LogP contribution < -0.4 is 9.47 Å². The highest BCUT2D eigenvalue weighted by atomic mass is 16.5. The number of hydrogen-bond acceptors (Lipinski definition) is 4. The van der Waals surface area contributed by atoms with E-state index in [0.717, 1.165) is 22.3 Å². The summed E-state index contributed by atoms with van der Waals surface area (Å²) in [5, 5.41) is 9.19. The average molecular weight is 474 g/mol. The number of nitrogens with zero attached hydrogens (tertiary/aromatic N) is 1. The van der Waals surface area contributed by atoms with Crippen molar-refractivity contribution in [2.45, 2.75) is 26.9 Å². The van der Waals surface area contributed by atoms with E-state index in [1.807, 2.05) is 87.5 Å². The number of allylic oxidation sites excluding steroid dienone is 1. The Bertz CT molecular complexity index is 1110. The van der Waals surface area contributed by atoms with Gasteiger partial charge in [-0.3, -0.25) is 4.79 Å². The minimum atomic E-state index is -1.09. The van der Waals surface area contributed by atoms with Crippen molar-refractivity contribution in [2.24, 2.45) is 0 Å². The van der Waals surface area contributed by atoms with Crippen LogP contribution in [0.25, 0.3) is 5.57 Å². The monoisotopic (exact) mass is 473 g/mol. The van der Waals surface area contributed by atoms with Gasteiger partial charge in [-0.25, -0.2) is 4.79 Å². The highest BCUT2D eigenvalue weighted by Crippen LogP contribution is 2.36. The molecule has 3 rings (SSSR count). The zero-order chi connectivity index (χ0) is 25.2. The van der Waals surface area contributed by atoms with Crippen molar-refractivity contribution in [3.05, 3.63) is 102 Å². The molecule has 0 radical (unpaired) electrons. The van der Waals surface area contributed by atoms with Crippen LogP contribution in [0.15, 0.2) is 84.9 Å². The van der Waals surface area contributed by atoms with Crippen molar-refractivity contribution in [1.29, 1.82) is 0 Å². The topological polar surface area (TPSA) is 76.1 Å².